The van der Waals surface area contributed by atoms with E-state index in [0.29, 0.717) is 0 Å². The van der Waals surface area contributed by atoms with E-state index in [1.165, 1.54) is 13.0 Å². The number of nitrogens with one attached hydrogen (secondary N) is 1. The van der Waals surface area contributed by atoms with Gasteiger partial charge in [0.2, 0.25) is 0 Å². The standard InChI is InChI=1S/C10H20N2O/c1-10(2)8-13-6-5-12(10)9-3-4-11-7-9/h9,11H,3-8H2,1-2H3. The van der Waals surface area contributed by atoms with Gasteiger partial charge in [0.05, 0.1) is 13.2 Å². The van der Waals surface area contributed by atoms with Gasteiger partial charge in [0.15, 0.2) is 0 Å². The Hall–Kier alpha value is -0.120. The van der Waals surface area contributed by atoms with Gasteiger partial charge in [-0.2, -0.15) is 0 Å². The summed E-state index contributed by atoms with van der Waals surface area (Å²) in [6.45, 7) is 9.78. The smallest absolute Gasteiger partial charge is 0.0645 e. The van der Waals surface area contributed by atoms with Gasteiger partial charge < -0.3 is 10.1 Å². The van der Waals surface area contributed by atoms with Crippen LogP contribution in [0.25, 0.3) is 0 Å². The lowest BCUT2D eigenvalue weighted by molar-refractivity contribution is -0.0682. The molecule has 2 aliphatic rings. The summed E-state index contributed by atoms with van der Waals surface area (Å²) in [5.41, 5.74) is 0.231. The third-order valence-corrected chi connectivity index (χ3v) is 3.18. The fraction of sp³-hybridized carbons (Fsp3) is 1.00. The summed E-state index contributed by atoms with van der Waals surface area (Å²) in [4.78, 5) is 2.61. The quantitative estimate of drug-likeness (QED) is 0.641. The Morgan fingerprint density at radius 2 is 2.31 bits per heavy atom. The third kappa shape index (κ3) is 1.87. The maximum Gasteiger partial charge on any atom is 0.0645 e. The molecular weight excluding hydrogens is 164 g/mol. The van der Waals surface area contributed by atoms with Crippen molar-refractivity contribution < 1.29 is 4.74 Å². The van der Waals surface area contributed by atoms with Crippen LogP contribution in [-0.2, 0) is 4.74 Å². The summed E-state index contributed by atoms with van der Waals surface area (Å²) >= 11 is 0. The first-order valence-corrected chi connectivity index (χ1v) is 5.25. The maximum atomic E-state index is 5.51. The van der Waals surface area contributed by atoms with Crippen LogP contribution in [0.2, 0.25) is 0 Å². The van der Waals surface area contributed by atoms with Gasteiger partial charge in [-0.15, -0.1) is 0 Å². The number of hydrogen-bond donors (Lipinski definition) is 1. The topological polar surface area (TPSA) is 24.5 Å². The SMILES string of the molecule is CC1(C)COCCN1C1CCNC1. The molecule has 76 valence electrons. The van der Waals surface area contributed by atoms with Crippen molar-refractivity contribution in [2.24, 2.45) is 0 Å². The first kappa shape index (κ1) is 9.44. The van der Waals surface area contributed by atoms with Crippen molar-refractivity contribution in [3.05, 3.63) is 0 Å². The Balaban J connectivity index is 2.02. The molecule has 0 aliphatic carbocycles. The highest BCUT2D eigenvalue weighted by molar-refractivity contribution is 4.92. The molecule has 2 fully saturated rings. The third-order valence-electron chi connectivity index (χ3n) is 3.18. The number of ether oxygens (including phenoxy) is 1. The maximum absolute atomic E-state index is 5.51. The number of nitrogens with zero attached hydrogens (tertiary/aromatic N) is 1. The van der Waals surface area contributed by atoms with Crippen LogP contribution in [0.3, 0.4) is 0 Å². The molecule has 1 atom stereocenters. The summed E-state index contributed by atoms with van der Waals surface area (Å²) in [5.74, 6) is 0. The summed E-state index contributed by atoms with van der Waals surface area (Å²) in [6, 6.07) is 0.735. The molecule has 1 N–H and O–H groups in total. The first-order valence-electron chi connectivity index (χ1n) is 5.25. The van der Waals surface area contributed by atoms with Gasteiger partial charge in [0.1, 0.15) is 0 Å². The van der Waals surface area contributed by atoms with Gasteiger partial charge in [-0.1, -0.05) is 0 Å². The van der Waals surface area contributed by atoms with Gasteiger partial charge in [0.25, 0.3) is 0 Å². The van der Waals surface area contributed by atoms with Crippen molar-refractivity contribution in [3.63, 3.8) is 0 Å². The highest BCUT2D eigenvalue weighted by Crippen LogP contribution is 2.24. The van der Waals surface area contributed by atoms with E-state index >= 15 is 0 Å². The van der Waals surface area contributed by atoms with Crippen LogP contribution >= 0.6 is 0 Å². The van der Waals surface area contributed by atoms with Crippen molar-refractivity contribution in [2.75, 3.05) is 32.8 Å². The van der Waals surface area contributed by atoms with E-state index in [0.717, 1.165) is 32.3 Å². The molecule has 2 heterocycles. The first-order chi connectivity index (χ1) is 6.20. The van der Waals surface area contributed by atoms with Crippen LogP contribution in [0.15, 0.2) is 0 Å². The molecule has 2 aliphatic heterocycles. The van der Waals surface area contributed by atoms with Crippen LogP contribution in [-0.4, -0.2) is 49.3 Å². The van der Waals surface area contributed by atoms with Crippen LogP contribution in [0.1, 0.15) is 20.3 Å². The molecule has 1 unspecified atom stereocenters. The van der Waals surface area contributed by atoms with Crippen molar-refractivity contribution >= 4 is 0 Å². The lowest BCUT2D eigenvalue weighted by atomic mass is 9.99. The molecule has 2 rings (SSSR count). The highest BCUT2D eigenvalue weighted by Gasteiger charge is 2.36. The Labute approximate surface area is 80.4 Å². The Morgan fingerprint density at radius 3 is 2.92 bits per heavy atom. The molecule has 2 saturated heterocycles. The summed E-state index contributed by atoms with van der Waals surface area (Å²) < 4.78 is 5.51. The lowest BCUT2D eigenvalue weighted by Crippen LogP contribution is -2.57. The minimum atomic E-state index is 0.231. The largest absolute Gasteiger partial charge is 0.378 e. The molecule has 0 aromatic carbocycles. The normalized spacial score (nSPS) is 35.1. The van der Waals surface area contributed by atoms with Gasteiger partial charge in [0, 0.05) is 24.7 Å². The van der Waals surface area contributed by atoms with Crippen molar-refractivity contribution in [1.82, 2.24) is 10.2 Å². The minimum absolute atomic E-state index is 0.231. The molecular formula is C10H20N2O. The molecule has 0 spiro atoms. The monoisotopic (exact) mass is 184 g/mol. The van der Waals surface area contributed by atoms with E-state index in [1.54, 1.807) is 0 Å². The molecule has 3 nitrogen and oxygen atoms in total. The second-order valence-corrected chi connectivity index (χ2v) is 4.71. The summed E-state index contributed by atoms with van der Waals surface area (Å²) in [7, 11) is 0. The van der Waals surface area contributed by atoms with E-state index < -0.39 is 0 Å². The van der Waals surface area contributed by atoms with Gasteiger partial charge in [-0.05, 0) is 26.8 Å². The van der Waals surface area contributed by atoms with Crippen LogP contribution in [0.5, 0.6) is 0 Å². The highest BCUT2D eigenvalue weighted by atomic mass is 16.5. The van der Waals surface area contributed by atoms with Crippen molar-refractivity contribution in [1.29, 1.82) is 0 Å². The second kappa shape index (κ2) is 3.56. The Kier molecular flexibility index (Phi) is 2.58. The molecule has 0 radical (unpaired) electrons. The van der Waals surface area contributed by atoms with E-state index in [4.69, 9.17) is 4.74 Å². The second-order valence-electron chi connectivity index (χ2n) is 4.71. The molecule has 0 amide bonds. The molecule has 0 bridgehead atoms. The van der Waals surface area contributed by atoms with Crippen molar-refractivity contribution in [2.45, 2.75) is 31.8 Å². The van der Waals surface area contributed by atoms with E-state index in [2.05, 4.69) is 24.1 Å². The predicted molar refractivity (Wildman–Crippen MR) is 52.9 cm³/mol. The van der Waals surface area contributed by atoms with Crippen LogP contribution in [0.4, 0.5) is 0 Å². The van der Waals surface area contributed by atoms with E-state index in [9.17, 15) is 0 Å². The number of rotatable bonds is 1. The molecule has 0 saturated carbocycles. The predicted octanol–water partition coefficient (Wildman–Crippen LogP) is 0.459. The van der Waals surface area contributed by atoms with Gasteiger partial charge in [-0.25, -0.2) is 0 Å². The summed E-state index contributed by atoms with van der Waals surface area (Å²) in [5, 5.41) is 3.42. The fourth-order valence-corrected chi connectivity index (χ4v) is 2.45. The minimum Gasteiger partial charge on any atom is -0.378 e. The average Bonchev–Trinajstić information content (AvgIpc) is 2.55. The van der Waals surface area contributed by atoms with Gasteiger partial charge >= 0.3 is 0 Å². The van der Waals surface area contributed by atoms with Gasteiger partial charge in [-0.3, -0.25) is 4.90 Å². The number of morpholine rings is 1. The molecule has 0 aromatic heterocycles. The zero-order valence-electron chi connectivity index (χ0n) is 8.68. The average molecular weight is 184 g/mol. The van der Waals surface area contributed by atoms with E-state index in [1.807, 2.05) is 0 Å². The van der Waals surface area contributed by atoms with Crippen LogP contribution < -0.4 is 5.32 Å². The van der Waals surface area contributed by atoms with E-state index in [-0.39, 0.29) is 5.54 Å². The zero-order valence-corrected chi connectivity index (χ0v) is 8.68. The fourth-order valence-electron chi connectivity index (χ4n) is 2.45. The molecule has 3 heteroatoms. The Morgan fingerprint density at radius 1 is 1.46 bits per heavy atom. The lowest BCUT2D eigenvalue weighted by Gasteiger charge is -2.45. The Bertz CT molecular complexity index is 176. The molecule has 0 aromatic rings. The zero-order chi connectivity index (χ0) is 9.31. The van der Waals surface area contributed by atoms with Crippen molar-refractivity contribution in [3.8, 4) is 0 Å². The van der Waals surface area contributed by atoms with Crippen LogP contribution in [0, 0.1) is 0 Å². The summed E-state index contributed by atoms with van der Waals surface area (Å²) in [6.07, 6.45) is 1.30. The number of hydrogen-bond acceptors (Lipinski definition) is 3. The molecule has 13 heavy (non-hydrogen) atoms.